The summed E-state index contributed by atoms with van der Waals surface area (Å²) in [4.78, 5) is 16.1. The summed E-state index contributed by atoms with van der Waals surface area (Å²) in [5.41, 5.74) is 1.29. The zero-order chi connectivity index (χ0) is 12.5. The van der Waals surface area contributed by atoms with Crippen LogP contribution in [0.4, 0.5) is 0 Å². The van der Waals surface area contributed by atoms with Gasteiger partial charge < -0.3 is 4.42 Å². The lowest BCUT2D eigenvalue weighted by Gasteiger charge is -2.01. The summed E-state index contributed by atoms with van der Waals surface area (Å²) >= 11 is 3.35. The zero-order valence-corrected chi connectivity index (χ0v) is 10.8. The predicted molar refractivity (Wildman–Crippen MR) is 73.4 cm³/mol. The number of fused-ring (bicyclic) bond motifs is 1. The van der Waals surface area contributed by atoms with Gasteiger partial charge in [-0.25, -0.2) is 4.79 Å². The monoisotopic (exact) mass is 301 g/mol. The van der Waals surface area contributed by atoms with E-state index in [2.05, 4.69) is 20.9 Å². The summed E-state index contributed by atoms with van der Waals surface area (Å²) in [5, 5.41) is 0.874. The highest BCUT2D eigenvalue weighted by Crippen LogP contribution is 2.22. The van der Waals surface area contributed by atoms with Gasteiger partial charge in [-0.1, -0.05) is 28.1 Å². The standard InChI is InChI=1S/C14H8BrNO2/c15-10-5-4-9-7-11(12-3-1-2-6-16-12)14(17)18-13(9)8-10/h1-8H. The molecule has 0 fully saturated rings. The molecule has 0 aliphatic heterocycles. The third-order valence-electron chi connectivity index (χ3n) is 2.64. The Morgan fingerprint density at radius 1 is 1.11 bits per heavy atom. The Bertz CT molecular complexity index is 766. The van der Waals surface area contributed by atoms with E-state index >= 15 is 0 Å². The zero-order valence-electron chi connectivity index (χ0n) is 9.26. The normalized spacial score (nSPS) is 10.7. The fourth-order valence-corrected chi connectivity index (χ4v) is 2.13. The lowest BCUT2D eigenvalue weighted by molar-refractivity contribution is 0.563. The van der Waals surface area contributed by atoms with Crippen LogP contribution in [0.2, 0.25) is 0 Å². The molecule has 0 N–H and O–H groups in total. The highest BCUT2D eigenvalue weighted by atomic mass is 79.9. The molecule has 2 heterocycles. The quantitative estimate of drug-likeness (QED) is 0.645. The van der Waals surface area contributed by atoms with Gasteiger partial charge in [0.15, 0.2) is 0 Å². The van der Waals surface area contributed by atoms with Crippen LogP contribution in [0.5, 0.6) is 0 Å². The number of hydrogen-bond acceptors (Lipinski definition) is 3. The van der Waals surface area contributed by atoms with Gasteiger partial charge in [-0.15, -0.1) is 0 Å². The van der Waals surface area contributed by atoms with Gasteiger partial charge in [0.05, 0.1) is 11.3 Å². The molecule has 0 spiro atoms. The summed E-state index contributed by atoms with van der Waals surface area (Å²) in [6.07, 6.45) is 1.65. The van der Waals surface area contributed by atoms with Gasteiger partial charge in [-0.05, 0) is 30.3 Å². The van der Waals surface area contributed by atoms with Crippen molar-refractivity contribution in [1.29, 1.82) is 0 Å². The Morgan fingerprint density at radius 3 is 2.78 bits per heavy atom. The third-order valence-corrected chi connectivity index (χ3v) is 3.13. The molecule has 3 aromatic rings. The molecule has 1 aromatic carbocycles. The number of benzene rings is 1. The smallest absolute Gasteiger partial charge is 0.345 e. The third kappa shape index (κ3) is 1.95. The Morgan fingerprint density at radius 2 is 2.00 bits per heavy atom. The minimum absolute atomic E-state index is 0.376. The SMILES string of the molecule is O=c1oc2cc(Br)ccc2cc1-c1ccccn1. The van der Waals surface area contributed by atoms with Crippen LogP contribution in [0.15, 0.2) is 62.3 Å². The summed E-state index contributed by atoms with van der Waals surface area (Å²) in [6, 6.07) is 12.8. The van der Waals surface area contributed by atoms with E-state index in [-0.39, 0.29) is 5.63 Å². The lowest BCUT2D eigenvalue weighted by Crippen LogP contribution is -2.03. The molecule has 0 aliphatic carbocycles. The topological polar surface area (TPSA) is 43.1 Å². The van der Waals surface area contributed by atoms with Gasteiger partial charge in [-0.3, -0.25) is 4.98 Å². The number of rotatable bonds is 1. The van der Waals surface area contributed by atoms with Crippen molar-refractivity contribution in [3.05, 3.63) is 63.6 Å². The number of aromatic nitrogens is 1. The maximum atomic E-state index is 11.9. The first-order chi connectivity index (χ1) is 8.74. The van der Waals surface area contributed by atoms with E-state index in [1.165, 1.54) is 0 Å². The van der Waals surface area contributed by atoms with Crippen molar-refractivity contribution in [2.75, 3.05) is 0 Å². The van der Waals surface area contributed by atoms with Crippen molar-refractivity contribution >= 4 is 26.9 Å². The van der Waals surface area contributed by atoms with Crippen LogP contribution >= 0.6 is 15.9 Å². The molecule has 2 aromatic heterocycles. The molecule has 0 unspecified atom stereocenters. The van der Waals surface area contributed by atoms with Crippen molar-refractivity contribution in [3.63, 3.8) is 0 Å². The minimum atomic E-state index is -0.376. The Kier molecular flexibility index (Phi) is 2.72. The van der Waals surface area contributed by atoms with Gasteiger partial charge in [0.2, 0.25) is 0 Å². The molecular formula is C14H8BrNO2. The van der Waals surface area contributed by atoms with Crippen molar-refractivity contribution in [3.8, 4) is 11.3 Å². The maximum absolute atomic E-state index is 11.9. The molecule has 4 heteroatoms. The highest BCUT2D eigenvalue weighted by molar-refractivity contribution is 9.10. The van der Waals surface area contributed by atoms with Crippen LogP contribution in [-0.4, -0.2) is 4.98 Å². The van der Waals surface area contributed by atoms with Crippen LogP contribution < -0.4 is 5.63 Å². The molecular weight excluding hydrogens is 294 g/mol. The van der Waals surface area contributed by atoms with E-state index in [1.54, 1.807) is 24.4 Å². The largest absolute Gasteiger partial charge is 0.422 e. The number of halogens is 1. The van der Waals surface area contributed by atoms with Gasteiger partial charge >= 0.3 is 5.63 Å². The molecule has 3 nitrogen and oxygen atoms in total. The molecule has 0 saturated heterocycles. The van der Waals surface area contributed by atoms with Gasteiger partial charge in [-0.2, -0.15) is 0 Å². The molecule has 3 rings (SSSR count). The van der Waals surface area contributed by atoms with Crippen molar-refractivity contribution < 1.29 is 4.42 Å². The molecule has 88 valence electrons. The van der Waals surface area contributed by atoms with E-state index < -0.39 is 0 Å². The van der Waals surface area contributed by atoms with Crippen LogP contribution in [0.3, 0.4) is 0 Å². The van der Waals surface area contributed by atoms with Gasteiger partial charge in [0.25, 0.3) is 0 Å². The van der Waals surface area contributed by atoms with E-state index in [0.29, 0.717) is 16.8 Å². The fourth-order valence-electron chi connectivity index (χ4n) is 1.79. The minimum Gasteiger partial charge on any atom is -0.422 e. The average molecular weight is 302 g/mol. The second-order valence-electron chi connectivity index (χ2n) is 3.84. The van der Waals surface area contributed by atoms with Crippen LogP contribution in [0, 0.1) is 0 Å². The van der Waals surface area contributed by atoms with Crippen molar-refractivity contribution in [1.82, 2.24) is 4.98 Å². The molecule has 0 saturated carbocycles. The first-order valence-corrected chi connectivity index (χ1v) is 6.18. The molecule has 0 atom stereocenters. The number of nitrogens with zero attached hydrogens (tertiary/aromatic N) is 1. The average Bonchev–Trinajstić information content (AvgIpc) is 2.39. The fraction of sp³-hybridized carbons (Fsp3) is 0. The lowest BCUT2D eigenvalue weighted by atomic mass is 10.1. The van der Waals surface area contributed by atoms with Gasteiger partial charge in [0.1, 0.15) is 5.58 Å². The van der Waals surface area contributed by atoms with E-state index in [1.807, 2.05) is 24.3 Å². The maximum Gasteiger partial charge on any atom is 0.345 e. The number of hydrogen-bond donors (Lipinski definition) is 0. The molecule has 0 radical (unpaired) electrons. The summed E-state index contributed by atoms with van der Waals surface area (Å²) < 4.78 is 6.18. The number of pyridine rings is 1. The summed E-state index contributed by atoms with van der Waals surface area (Å²) in [5.74, 6) is 0. The second-order valence-corrected chi connectivity index (χ2v) is 4.76. The van der Waals surface area contributed by atoms with Crippen molar-refractivity contribution in [2.45, 2.75) is 0 Å². The Hall–Kier alpha value is -1.94. The highest BCUT2D eigenvalue weighted by Gasteiger charge is 2.08. The second kappa shape index (κ2) is 4.38. The van der Waals surface area contributed by atoms with E-state index in [4.69, 9.17) is 4.42 Å². The summed E-state index contributed by atoms with van der Waals surface area (Å²) in [7, 11) is 0. The predicted octanol–water partition coefficient (Wildman–Crippen LogP) is 3.62. The van der Waals surface area contributed by atoms with E-state index in [0.717, 1.165) is 9.86 Å². The van der Waals surface area contributed by atoms with Crippen LogP contribution in [0.25, 0.3) is 22.2 Å². The first-order valence-electron chi connectivity index (χ1n) is 5.39. The van der Waals surface area contributed by atoms with Crippen LogP contribution in [-0.2, 0) is 0 Å². The van der Waals surface area contributed by atoms with Crippen molar-refractivity contribution in [2.24, 2.45) is 0 Å². The molecule has 18 heavy (non-hydrogen) atoms. The molecule has 0 amide bonds. The van der Waals surface area contributed by atoms with Gasteiger partial charge in [0, 0.05) is 16.1 Å². The Labute approximate surface area is 111 Å². The molecule has 0 aliphatic rings. The van der Waals surface area contributed by atoms with E-state index in [9.17, 15) is 4.79 Å². The summed E-state index contributed by atoms with van der Waals surface area (Å²) in [6.45, 7) is 0. The first kappa shape index (κ1) is 11.2. The van der Waals surface area contributed by atoms with Crippen LogP contribution in [0.1, 0.15) is 0 Å². The molecule has 0 bridgehead atoms. The Balaban J connectivity index is 2.29.